The number of nitrogens with one attached hydrogen (secondary N) is 1. The largest absolute Gasteiger partial charge is 0.465 e. The summed E-state index contributed by atoms with van der Waals surface area (Å²) in [5.41, 5.74) is 0.366. The molecule has 0 aromatic carbocycles. The Morgan fingerprint density at radius 1 is 1.45 bits per heavy atom. The lowest BCUT2D eigenvalue weighted by atomic mass is 10.2. The number of ether oxygens (including phenoxy) is 1. The van der Waals surface area contributed by atoms with Crippen LogP contribution in [-0.4, -0.2) is 19.0 Å². The predicted molar refractivity (Wildman–Crippen MR) is 87.7 cm³/mol. The summed E-state index contributed by atoms with van der Waals surface area (Å²) in [5.74, 6) is 0.272. The summed E-state index contributed by atoms with van der Waals surface area (Å²) in [6, 6.07) is 5.40. The Kier molecular flexibility index (Phi) is 5.57. The molecule has 5 nitrogen and oxygen atoms in total. The van der Waals surface area contributed by atoms with E-state index < -0.39 is 5.97 Å². The molecule has 116 valence electrons. The summed E-state index contributed by atoms with van der Waals surface area (Å²) in [6.07, 6.45) is 3.19. The Labute approximate surface area is 140 Å². The third-order valence-electron chi connectivity index (χ3n) is 2.80. The third kappa shape index (κ3) is 4.32. The van der Waals surface area contributed by atoms with E-state index in [4.69, 9.17) is 4.42 Å². The zero-order valence-electron chi connectivity index (χ0n) is 12.0. The molecule has 0 aliphatic carbocycles. The molecule has 0 atom stereocenters. The second-order valence-corrected chi connectivity index (χ2v) is 6.86. The Balaban J connectivity index is 1.91. The van der Waals surface area contributed by atoms with Crippen molar-refractivity contribution in [3.05, 3.63) is 50.0 Å². The van der Waals surface area contributed by atoms with Gasteiger partial charge in [-0.25, -0.2) is 4.79 Å². The van der Waals surface area contributed by atoms with Gasteiger partial charge in [0, 0.05) is 11.0 Å². The summed E-state index contributed by atoms with van der Waals surface area (Å²) in [7, 11) is 1.31. The number of rotatable bonds is 5. The molecule has 0 bridgehead atoms. The zero-order valence-corrected chi connectivity index (χ0v) is 14.4. The fraction of sp³-hybridized carbons (Fsp3) is 0.200. The van der Waals surface area contributed by atoms with Crippen LogP contribution in [0.5, 0.6) is 0 Å². The molecule has 7 heteroatoms. The van der Waals surface area contributed by atoms with E-state index in [1.54, 1.807) is 19.1 Å². The van der Waals surface area contributed by atoms with Gasteiger partial charge in [-0.3, -0.25) is 4.79 Å². The van der Waals surface area contributed by atoms with E-state index >= 15 is 0 Å². The Hall–Kier alpha value is -1.86. The first-order valence-corrected chi connectivity index (χ1v) is 7.99. The van der Waals surface area contributed by atoms with Gasteiger partial charge >= 0.3 is 5.97 Å². The van der Waals surface area contributed by atoms with E-state index in [-0.39, 0.29) is 12.5 Å². The lowest BCUT2D eigenvalue weighted by Gasteiger charge is -1.98. The fourth-order valence-corrected chi connectivity index (χ4v) is 3.08. The van der Waals surface area contributed by atoms with E-state index in [1.807, 2.05) is 12.1 Å². The number of furan rings is 1. The monoisotopic (exact) mass is 383 g/mol. The van der Waals surface area contributed by atoms with Crippen LogP contribution in [-0.2, 0) is 16.1 Å². The van der Waals surface area contributed by atoms with Gasteiger partial charge in [0.1, 0.15) is 17.1 Å². The van der Waals surface area contributed by atoms with Gasteiger partial charge in [-0.15, -0.1) is 11.3 Å². The van der Waals surface area contributed by atoms with Gasteiger partial charge in [0.25, 0.3) is 0 Å². The van der Waals surface area contributed by atoms with Crippen LogP contribution < -0.4 is 5.32 Å². The molecular formula is C15H14BrNO4S. The van der Waals surface area contributed by atoms with Gasteiger partial charge in [-0.2, -0.15) is 0 Å². The van der Waals surface area contributed by atoms with Crippen LogP contribution in [0.25, 0.3) is 6.08 Å². The molecule has 1 N–H and O–H groups in total. The number of hydrogen-bond donors (Lipinski definition) is 1. The van der Waals surface area contributed by atoms with Crippen LogP contribution in [0.1, 0.15) is 26.8 Å². The lowest BCUT2D eigenvalue weighted by Crippen LogP contribution is -2.19. The van der Waals surface area contributed by atoms with E-state index in [1.165, 1.54) is 24.5 Å². The fourth-order valence-electron chi connectivity index (χ4n) is 1.75. The minimum atomic E-state index is -0.456. The second-order valence-electron chi connectivity index (χ2n) is 4.37. The highest BCUT2D eigenvalue weighted by molar-refractivity contribution is 9.11. The molecule has 0 saturated heterocycles. The molecule has 0 spiro atoms. The van der Waals surface area contributed by atoms with Crippen molar-refractivity contribution in [1.29, 1.82) is 0 Å². The topological polar surface area (TPSA) is 68.5 Å². The maximum absolute atomic E-state index is 11.7. The van der Waals surface area contributed by atoms with Crippen molar-refractivity contribution in [1.82, 2.24) is 5.32 Å². The highest BCUT2D eigenvalue weighted by atomic mass is 79.9. The maximum atomic E-state index is 11.7. The average molecular weight is 384 g/mol. The first-order valence-electron chi connectivity index (χ1n) is 6.38. The first-order chi connectivity index (χ1) is 10.5. The van der Waals surface area contributed by atoms with Crippen molar-refractivity contribution >= 4 is 45.2 Å². The molecule has 2 aromatic heterocycles. The third-order valence-corrected chi connectivity index (χ3v) is 4.39. The van der Waals surface area contributed by atoms with Gasteiger partial charge in [0.05, 0.1) is 17.4 Å². The summed E-state index contributed by atoms with van der Waals surface area (Å²) in [4.78, 5) is 24.2. The van der Waals surface area contributed by atoms with Crippen LogP contribution in [0.2, 0.25) is 0 Å². The minimum absolute atomic E-state index is 0.204. The Morgan fingerprint density at radius 3 is 2.86 bits per heavy atom. The number of amides is 1. The number of carbonyl (C=O) groups is 2. The van der Waals surface area contributed by atoms with Crippen molar-refractivity contribution in [3.63, 3.8) is 0 Å². The lowest BCUT2D eigenvalue weighted by molar-refractivity contribution is -0.116. The summed E-state index contributed by atoms with van der Waals surface area (Å²) in [6.45, 7) is 1.88. The van der Waals surface area contributed by atoms with Crippen molar-refractivity contribution in [2.75, 3.05) is 7.11 Å². The highest BCUT2D eigenvalue weighted by Gasteiger charge is 2.15. The van der Waals surface area contributed by atoms with Crippen LogP contribution in [0.15, 0.2) is 32.5 Å². The van der Waals surface area contributed by atoms with Gasteiger partial charge in [0.2, 0.25) is 5.91 Å². The van der Waals surface area contributed by atoms with Crippen molar-refractivity contribution < 1.29 is 18.7 Å². The molecule has 22 heavy (non-hydrogen) atoms. The van der Waals surface area contributed by atoms with Crippen LogP contribution in [0.3, 0.4) is 0 Å². The molecule has 0 saturated carbocycles. The number of hydrogen-bond acceptors (Lipinski definition) is 5. The number of halogens is 1. The average Bonchev–Trinajstić information content (AvgIpc) is 3.08. The van der Waals surface area contributed by atoms with Gasteiger partial charge in [-0.05, 0) is 47.1 Å². The summed E-state index contributed by atoms with van der Waals surface area (Å²) < 4.78 is 11.1. The Morgan fingerprint density at radius 2 is 2.23 bits per heavy atom. The van der Waals surface area contributed by atoms with E-state index in [2.05, 4.69) is 26.0 Å². The van der Waals surface area contributed by atoms with Crippen LogP contribution in [0, 0.1) is 6.92 Å². The summed E-state index contributed by atoms with van der Waals surface area (Å²) >= 11 is 4.90. The summed E-state index contributed by atoms with van der Waals surface area (Å²) in [5, 5.41) is 2.69. The van der Waals surface area contributed by atoms with E-state index in [9.17, 15) is 9.59 Å². The SMILES string of the molecule is COC(=O)c1cc(CNC(=O)/C=C/c2ccc(Br)s2)oc1C. The first kappa shape index (κ1) is 16.5. The smallest absolute Gasteiger partial charge is 0.341 e. The van der Waals surface area contributed by atoms with Crippen molar-refractivity contribution in [3.8, 4) is 0 Å². The van der Waals surface area contributed by atoms with Crippen molar-refractivity contribution in [2.24, 2.45) is 0 Å². The molecule has 0 fully saturated rings. The van der Waals surface area contributed by atoms with Gasteiger partial charge in [-0.1, -0.05) is 0 Å². The molecule has 1 amide bonds. The standard InChI is InChI=1S/C15H14BrNO4S/c1-9-12(15(19)20-2)7-10(21-9)8-17-14(18)6-4-11-3-5-13(16)22-11/h3-7H,8H2,1-2H3,(H,17,18)/b6-4+. The van der Waals surface area contributed by atoms with Crippen molar-refractivity contribution in [2.45, 2.75) is 13.5 Å². The predicted octanol–water partition coefficient (Wildman–Crippen LogP) is 3.53. The Bertz CT molecular complexity index is 717. The quantitative estimate of drug-likeness (QED) is 0.633. The molecule has 2 heterocycles. The normalized spacial score (nSPS) is 10.9. The molecule has 0 aliphatic heterocycles. The number of carbonyl (C=O) groups excluding carboxylic acids is 2. The maximum Gasteiger partial charge on any atom is 0.341 e. The zero-order chi connectivity index (χ0) is 16.1. The molecule has 2 aromatic rings. The number of thiophene rings is 1. The van der Waals surface area contributed by atoms with Crippen LogP contribution in [0.4, 0.5) is 0 Å². The second kappa shape index (κ2) is 7.42. The molecule has 2 rings (SSSR count). The number of aryl methyl sites for hydroxylation is 1. The molecule has 0 radical (unpaired) electrons. The molecule has 0 unspecified atom stereocenters. The number of methoxy groups -OCH3 is 1. The van der Waals surface area contributed by atoms with E-state index in [0.29, 0.717) is 17.1 Å². The van der Waals surface area contributed by atoms with E-state index in [0.717, 1.165) is 8.66 Å². The molecular weight excluding hydrogens is 370 g/mol. The minimum Gasteiger partial charge on any atom is -0.465 e. The molecule has 0 aliphatic rings. The van der Waals surface area contributed by atoms with Gasteiger partial charge < -0.3 is 14.5 Å². The highest BCUT2D eigenvalue weighted by Crippen LogP contribution is 2.22. The number of esters is 1. The van der Waals surface area contributed by atoms with Gasteiger partial charge in [0.15, 0.2) is 0 Å². The van der Waals surface area contributed by atoms with Crippen LogP contribution >= 0.6 is 27.3 Å².